The molecule has 0 radical (unpaired) electrons. The Hall–Kier alpha value is -3.72. The van der Waals surface area contributed by atoms with Crippen LogP contribution in [-0.4, -0.2) is 46.8 Å². The van der Waals surface area contributed by atoms with Crippen LogP contribution in [-0.2, 0) is 35.6 Å². The summed E-state index contributed by atoms with van der Waals surface area (Å²) in [5.74, 6) is -1.71. The first-order chi connectivity index (χ1) is 17.9. The van der Waals surface area contributed by atoms with E-state index in [2.05, 4.69) is 4.90 Å². The van der Waals surface area contributed by atoms with Gasteiger partial charge in [0.1, 0.15) is 24.4 Å². The second-order valence-corrected chi connectivity index (χ2v) is 9.79. The third kappa shape index (κ3) is 4.83. The minimum absolute atomic E-state index is 0.252. The Kier molecular flexibility index (Phi) is 6.97. The van der Waals surface area contributed by atoms with Gasteiger partial charge in [-0.2, -0.15) is 0 Å². The number of pyridine rings is 1. The van der Waals surface area contributed by atoms with Crippen molar-refractivity contribution in [3.05, 3.63) is 75.1 Å². The second-order valence-electron chi connectivity index (χ2n) is 9.79. The number of carboxylic acid groups (broad SMARTS) is 1. The normalized spacial score (nSPS) is 16.5. The molecule has 1 aromatic heterocycles. The summed E-state index contributed by atoms with van der Waals surface area (Å²) in [6.45, 7) is 0.960. The van der Waals surface area contributed by atoms with Crippen molar-refractivity contribution in [2.75, 3.05) is 18.0 Å². The van der Waals surface area contributed by atoms with E-state index < -0.39 is 30.1 Å². The fraction of sp³-hybridized carbons (Fsp3) is 0.393. The molecule has 3 N–H and O–H groups in total. The summed E-state index contributed by atoms with van der Waals surface area (Å²) in [6.07, 6.45) is 4.14. The molecule has 3 heterocycles. The van der Waals surface area contributed by atoms with E-state index in [0.29, 0.717) is 56.4 Å². The number of hydrogen-bond acceptors (Lipinski definition) is 6. The van der Waals surface area contributed by atoms with Crippen LogP contribution >= 0.6 is 0 Å². The third-order valence-corrected chi connectivity index (χ3v) is 7.35. The van der Waals surface area contributed by atoms with Crippen molar-refractivity contribution < 1.29 is 23.8 Å². The highest BCUT2D eigenvalue weighted by Gasteiger charge is 2.30. The predicted molar refractivity (Wildman–Crippen MR) is 138 cm³/mol. The number of nitrogens with two attached hydrogens (primary N) is 1. The van der Waals surface area contributed by atoms with Gasteiger partial charge in [-0.1, -0.05) is 30.3 Å². The van der Waals surface area contributed by atoms with E-state index in [1.54, 1.807) is 0 Å². The molecule has 0 amide bonds. The minimum atomic E-state index is -1.28. The lowest BCUT2D eigenvalue weighted by Crippen LogP contribution is -2.42. The molecule has 2 aliphatic rings. The predicted octanol–water partition coefficient (Wildman–Crippen LogP) is 3.20. The van der Waals surface area contributed by atoms with Crippen LogP contribution in [0.4, 0.5) is 10.1 Å². The maximum absolute atomic E-state index is 14.3. The van der Waals surface area contributed by atoms with Gasteiger partial charge in [0.2, 0.25) is 5.43 Å². The van der Waals surface area contributed by atoms with Gasteiger partial charge in [-0.3, -0.25) is 9.59 Å². The number of nitrogens with zero attached hydrogens (tertiary/aromatic N) is 2. The first-order valence-corrected chi connectivity index (χ1v) is 12.6. The summed E-state index contributed by atoms with van der Waals surface area (Å²) >= 11 is 0. The number of aryl methyl sites for hydroxylation is 2. The average Bonchev–Trinajstić information content (AvgIpc) is 2.91. The summed E-state index contributed by atoms with van der Waals surface area (Å²) in [4.78, 5) is 39.2. The fourth-order valence-electron chi connectivity index (χ4n) is 5.59. The number of halogens is 1. The topological polar surface area (TPSA) is 115 Å². The van der Waals surface area contributed by atoms with Crippen LogP contribution in [0.25, 0.3) is 10.9 Å². The highest BCUT2D eigenvalue weighted by molar-refractivity contribution is 5.96. The molecule has 0 spiro atoms. The molecule has 2 aliphatic heterocycles. The number of ether oxygens (including phenoxy) is 1. The van der Waals surface area contributed by atoms with E-state index in [4.69, 9.17) is 10.5 Å². The number of hydrogen-bond donors (Lipinski definition) is 2. The number of piperidine rings is 1. The first-order valence-electron chi connectivity index (χ1n) is 12.6. The minimum Gasteiger partial charge on any atom is -0.477 e. The van der Waals surface area contributed by atoms with Crippen LogP contribution in [0.2, 0.25) is 0 Å². The maximum atomic E-state index is 14.3. The summed E-state index contributed by atoms with van der Waals surface area (Å²) in [7, 11) is 0. The van der Waals surface area contributed by atoms with Gasteiger partial charge in [-0.05, 0) is 30.9 Å². The molecule has 0 aliphatic carbocycles. The lowest BCUT2D eigenvalue weighted by Gasteiger charge is -2.37. The molecule has 1 fully saturated rings. The van der Waals surface area contributed by atoms with Gasteiger partial charge in [-0.25, -0.2) is 9.18 Å². The number of esters is 1. The lowest BCUT2D eigenvalue weighted by molar-refractivity contribution is -0.151. The van der Waals surface area contributed by atoms with Crippen LogP contribution in [0, 0.1) is 0 Å². The molecule has 0 bridgehead atoms. The molecule has 1 atom stereocenters. The Morgan fingerprint density at radius 2 is 1.89 bits per heavy atom. The number of alkyl halides is 1. The first kappa shape index (κ1) is 25.0. The summed E-state index contributed by atoms with van der Waals surface area (Å²) < 4.78 is 21.8. The number of carbonyl (C=O) groups is 2. The lowest BCUT2D eigenvalue weighted by atomic mass is 9.93. The van der Waals surface area contributed by atoms with Crippen LogP contribution < -0.4 is 16.1 Å². The smallest absolute Gasteiger partial charge is 0.341 e. The maximum Gasteiger partial charge on any atom is 0.341 e. The molecule has 0 saturated carbocycles. The van der Waals surface area contributed by atoms with Crippen molar-refractivity contribution in [2.45, 2.75) is 57.5 Å². The van der Waals surface area contributed by atoms with Gasteiger partial charge < -0.3 is 25.0 Å². The molecule has 3 aromatic rings. The van der Waals surface area contributed by atoms with Crippen LogP contribution in [0.15, 0.2) is 47.4 Å². The number of anilines is 1. The van der Waals surface area contributed by atoms with Crippen LogP contribution in [0.1, 0.15) is 46.3 Å². The number of rotatable bonds is 7. The molecule has 2 aromatic carbocycles. The zero-order chi connectivity index (χ0) is 26.1. The highest BCUT2D eigenvalue weighted by Crippen LogP contribution is 2.37. The molecule has 9 heteroatoms. The fourth-order valence-corrected chi connectivity index (χ4v) is 5.59. The molecule has 1 saturated heterocycles. The Labute approximate surface area is 213 Å². The van der Waals surface area contributed by atoms with Crippen LogP contribution in [0.5, 0.6) is 0 Å². The molecule has 5 rings (SSSR count). The van der Waals surface area contributed by atoms with Crippen molar-refractivity contribution in [2.24, 2.45) is 5.73 Å². The van der Waals surface area contributed by atoms with E-state index in [9.17, 15) is 23.9 Å². The molecular weight excluding hydrogens is 477 g/mol. The largest absolute Gasteiger partial charge is 0.477 e. The monoisotopic (exact) mass is 507 g/mol. The molecule has 0 unspecified atom stereocenters. The van der Waals surface area contributed by atoms with E-state index in [0.717, 1.165) is 23.2 Å². The van der Waals surface area contributed by atoms with Crippen molar-refractivity contribution in [3.8, 4) is 0 Å². The van der Waals surface area contributed by atoms with Crippen molar-refractivity contribution in [1.82, 2.24) is 4.57 Å². The number of carboxylic acids is 1. The van der Waals surface area contributed by atoms with E-state index in [1.807, 2.05) is 34.9 Å². The number of carbonyl (C=O) groups excluding carboxylic acids is 1. The van der Waals surface area contributed by atoms with E-state index >= 15 is 0 Å². The van der Waals surface area contributed by atoms with Gasteiger partial charge >= 0.3 is 11.9 Å². The number of aromatic nitrogens is 1. The van der Waals surface area contributed by atoms with E-state index in [-0.39, 0.29) is 17.1 Å². The summed E-state index contributed by atoms with van der Waals surface area (Å²) in [6, 6.07) is 10.3. The third-order valence-electron chi connectivity index (χ3n) is 7.35. The Morgan fingerprint density at radius 3 is 2.57 bits per heavy atom. The zero-order valence-corrected chi connectivity index (χ0v) is 20.5. The summed E-state index contributed by atoms with van der Waals surface area (Å²) in [5.41, 5.74) is 8.90. The molecule has 194 valence electrons. The van der Waals surface area contributed by atoms with Crippen molar-refractivity contribution in [3.63, 3.8) is 0 Å². The standard InChI is InChI=1S/C28H30FN3O5/c29-15-18-14-21-25-20(7-4-10-32(25)16-22(26(21)33)27(34)35)24(18)31-11-8-19(9-12-31)37-28(36)23(30)13-17-5-2-1-3-6-17/h1-3,5-6,14,16,19,23H,4,7-13,15,30H2,(H,34,35)/t23-/m1/s1. The number of benzene rings is 2. The zero-order valence-electron chi connectivity index (χ0n) is 20.5. The quantitative estimate of drug-likeness (QED) is 0.472. The van der Waals surface area contributed by atoms with Crippen molar-refractivity contribution in [1.29, 1.82) is 0 Å². The van der Waals surface area contributed by atoms with E-state index in [1.165, 1.54) is 12.3 Å². The van der Waals surface area contributed by atoms with Crippen LogP contribution in [0.3, 0.4) is 0 Å². The molecule has 37 heavy (non-hydrogen) atoms. The van der Waals surface area contributed by atoms with Gasteiger partial charge in [0.25, 0.3) is 0 Å². The SMILES string of the molecule is N[C@H](Cc1ccccc1)C(=O)OC1CCN(c2c(CF)cc3c(=O)c(C(=O)O)cn4c3c2CCC4)CC1. The molecule has 8 nitrogen and oxygen atoms in total. The summed E-state index contributed by atoms with van der Waals surface area (Å²) in [5, 5.41) is 9.73. The second kappa shape index (κ2) is 10.3. The Balaban J connectivity index is 1.35. The molecular formula is C28H30FN3O5. The Bertz CT molecular complexity index is 1400. The van der Waals surface area contributed by atoms with Gasteiger partial charge in [0.05, 0.1) is 5.52 Å². The van der Waals surface area contributed by atoms with Gasteiger partial charge in [0, 0.05) is 60.9 Å². The number of aromatic carboxylic acids is 1. The Morgan fingerprint density at radius 1 is 1.16 bits per heavy atom. The van der Waals surface area contributed by atoms with Gasteiger partial charge in [0.15, 0.2) is 0 Å². The van der Waals surface area contributed by atoms with Gasteiger partial charge in [-0.15, -0.1) is 0 Å². The van der Waals surface area contributed by atoms with Crippen molar-refractivity contribution >= 4 is 28.5 Å². The highest BCUT2D eigenvalue weighted by atomic mass is 19.1. The average molecular weight is 508 g/mol.